The Bertz CT molecular complexity index is 1130. The van der Waals surface area contributed by atoms with Gasteiger partial charge in [0.1, 0.15) is 5.76 Å². The van der Waals surface area contributed by atoms with Crippen LogP contribution in [0, 0.1) is 6.92 Å². The number of amides is 1. The summed E-state index contributed by atoms with van der Waals surface area (Å²) in [5.74, 6) is 0.508. The van der Waals surface area contributed by atoms with Crippen molar-refractivity contribution in [1.29, 1.82) is 0 Å². The second kappa shape index (κ2) is 7.99. The van der Waals surface area contributed by atoms with Gasteiger partial charge in [0, 0.05) is 17.3 Å². The standard InChI is InChI=1S/C23H24N2O4S/c1-16-8-10-19(11-9-16)24-30(27,28)21-6-3-5-18(15-21)23(26)25(20-12-13-20)17(2)22-7-4-14-29-22/h3-11,14-15,17,20,24H,12-13H2,1-2H3. The Morgan fingerprint density at radius 3 is 2.47 bits per heavy atom. The number of carbonyl (C=O) groups is 1. The molecule has 1 amide bonds. The first kappa shape index (κ1) is 20.2. The van der Waals surface area contributed by atoms with Crippen LogP contribution in [0.15, 0.2) is 76.2 Å². The number of carbonyl (C=O) groups excluding carboxylic acids is 1. The van der Waals surface area contributed by atoms with Gasteiger partial charge in [-0.1, -0.05) is 23.8 Å². The summed E-state index contributed by atoms with van der Waals surface area (Å²) >= 11 is 0. The second-order valence-corrected chi connectivity index (χ2v) is 9.32. The van der Waals surface area contributed by atoms with Crippen LogP contribution >= 0.6 is 0 Å². The highest BCUT2D eigenvalue weighted by atomic mass is 32.2. The number of aryl methyl sites for hydroxylation is 1. The zero-order chi connectivity index (χ0) is 21.3. The fraction of sp³-hybridized carbons (Fsp3) is 0.261. The Labute approximate surface area is 176 Å². The van der Waals surface area contributed by atoms with E-state index in [-0.39, 0.29) is 22.9 Å². The van der Waals surface area contributed by atoms with Crippen molar-refractivity contribution >= 4 is 21.6 Å². The van der Waals surface area contributed by atoms with E-state index in [9.17, 15) is 13.2 Å². The summed E-state index contributed by atoms with van der Waals surface area (Å²) in [6.07, 6.45) is 3.46. The number of nitrogens with one attached hydrogen (secondary N) is 1. The molecule has 0 aliphatic heterocycles. The number of nitrogens with zero attached hydrogens (tertiary/aromatic N) is 1. The molecule has 156 valence electrons. The molecule has 1 saturated carbocycles. The molecule has 0 bridgehead atoms. The topological polar surface area (TPSA) is 79.6 Å². The molecule has 1 unspecified atom stereocenters. The van der Waals surface area contributed by atoms with Gasteiger partial charge in [-0.2, -0.15) is 0 Å². The number of hydrogen-bond acceptors (Lipinski definition) is 4. The number of benzene rings is 2. The summed E-state index contributed by atoms with van der Waals surface area (Å²) in [4.78, 5) is 15.1. The van der Waals surface area contributed by atoms with Gasteiger partial charge < -0.3 is 9.32 Å². The second-order valence-electron chi connectivity index (χ2n) is 7.63. The Kier molecular flexibility index (Phi) is 5.39. The monoisotopic (exact) mass is 424 g/mol. The molecule has 1 aliphatic rings. The molecule has 0 radical (unpaired) electrons. The minimum Gasteiger partial charge on any atom is -0.467 e. The van der Waals surface area contributed by atoms with Crippen molar-refractivity contribution in [2.24, 2.45) is 0 Å². The van der Waals surface area contributed by atoms with E-state index in [4.69, 9.17) is 4.42 Å². The van der Waals surface area contributed by atoms with Crippen molar-refractivity contribution in [2.75, 3.05) is 4.72 Å². The lowest BCUT2D eigenvalue weighted by Gasteiger charge is -2.28. The minimum atomic E-state index is -3.82. The molecule has 1 atom stereocenters. The van der Waals surface area contributed by atoms with Crippen LogP contribution in [0.5, 0.6) is 0 Å². The molecule has 1 heterocycles. The highest BCUT2D eigenvalue weighted by Crippen LogP contribution is 2.36. The van der Waals surface area contributed by atoms with Gasteiger partial charge in [-0.15, -0.1) is 0 Å². The number of rotatable bonds is 7. The molecule has 1 aliphatic carbocycles. The average molecular weight is 425 g/mol. The third-order valence-electron chi connectivity index (χ3n) is 5.24. The van der Waals surface area contributed by atoms with Crippen LogP contribution in [0.1, 0.15) is 47.5 Å². The van der Waals surface area contributed by atoms with E-state index in [0.29, 0.717) is 17.0 Å². The molecule has 30 heavy (non-hydrogen) atoms. The quantitative estimate of drug-likeness (QED) is 0.593. The van der Waals surface area contributed by atoms with E-state index >= 15 is 0 Å². The molecule has 2 aromatic carbocycles. The van der Waals surface area contributed by atoms with E-state index < -0.39 is 10.0 Å². The van der Waals surface area contributed by atoms with Gasteiger partial charge in [0.2, 0.25) is 0 Å². The summed E-state index contributed by atoms with van der Waals surface area (Å²) in [5.41, 5.74) is 1.85. The molecule has 7 heteroatoms. The van der Waals surface area contributed by atoms with Gasteiger partial charge in [0.15, 0.2) is 0 Å². The van der Waals surface area contributed by atoms with Crippen molar-refractivity contribution in [3.05, 3.63) is 83.8 Å². The third-order valence-corrected chi connectivity index (χ3v) is 6.62. The molecular weight excluding hydrogens is 400 g/mol. The Morgan fingerprint density at radius 1 is 1.10 bits per heavy atom. The molecular formula is C23H24N2O4S. The van der Waals surface area contributed by atoms with Gasteiger partial charge in [-0.3, -0.25) is 9.52 Å². The lowest BCUT2D eigenvalue weighted by Crippen LogP contribution is -2.35. The Hall–Kier alpha value is -3.06. The first-order chi connectivity index (χ1) is 14.3. The van der Waals surface area contributed by atoms with E-state index in [2.05, 4.69) is 4.72 Å². The number of anilines is 1. The van der Waals surface area contributed by atoms with Crippen molar-refractivity contribution in [3.63, 3.8) is 0 Å². The van der Waals surface area contributed by atoms with Crippen molar-refractivity contribution in [2.45, 2.75) is 43.7 Å². The maximum atomic E-state index is 13.3. The number of hydrogen-bond donors (Lipinski definition) is 1. The van der Waals surface area contributed by atoms with Crippen molar-refractivity contribution < 1.29 is 17.6 Å². The number of furan rings is 1. The molecule has 4 rings (SSSR count). The zero-order valence-corrected chi connectivity index (χ0v) is 17.7. The van der Waals surface area contributed by atoms with E-state index in [1.54, 1.807) is 41.5 Å². The normalized spacial score (nSPS) is 14.9. The van der Waals surface area contributed by atoms with E-state index in [1.807, 2.05) is 32.0 Å². The van der Waals surface area contributed by atoms with Crippen molar-refractivity contribution in [3.8, 4) is 0 Å². The maximum Gasteiger partial charge on any atom is 0.261 e. The van der Waals surface area contributed by atoms with Crippen LogP contribution < -0.4 is 4.72 Å². The van der Waals surface area contributed by atoms with Gasteiger partial charge in [-0.05, 0) is 69.2 Å². The van der Waals surface area contributed by atoms with Crippen molar-refractivity contribution in [1.82, 2.24) is 4.90 Å². The number of sulfonamides is 1. The summed E-state index contributed by atoms with van der Waals surface area (Å²) in [5, 5.41) is 0. The molecule has 1 fully saturated rings. The van der Waals surface area contributed by atoms with Crippen LogP contribution in [0.4, 0.5) is 5.69 Å². The molecule has 6 nitrogen and oxygen atoms in total. The predicted octanol–water partition coefficient (Wildman–Crippen LogP) is 4.75. The fourth-order valence-corrected chi connectivity index (χ4v) is 4.56. The fourth-order valence-electron chi connectivity index (χ4n) is 3.46. The summed E-state index contributed by atoms with van der Waals surface area (Å²) in [7, 11) is -3.82. The molecule has 1 N–H and O–H groups in total. The average Bonchev–Trinajstić information content (AvgIpc) is 3.40. The predicted molar refractivity (Wildman–Crippen MR) is 115 cm³/mol. The summed E-state index contributed by atoms with van der Waals surface area (Å²) in [6.45, 7) is 3.86. The maximum absolute atomic E-state index is 13.3. The van der Waals surface area contributed by atoms with Gasteiger partial charge in [-0.25, -0.2) is 8.42 Å². The van der Waals surface area contributed by atoms with Gasteiger partial charge in [0.05, 0.1) is 17.2 Å². The first-order valence-electron chi connectivity index (χ1n) is 9.91. The van der Waals surface area contributed by atoms with E-state index in [0.717, 1.165) is 18.4 Å². The zero-order valence-electron chi connectivity index (χ0n) is 16.9. The van der Waals surface area contributed by atoms with Crippen LogP contribution in [-0.4, -0.2) is 25.3 Å². The lowest BCUT2D eigenvalue weighted by molar-refractivity contribution is 0.0652. The van der Waals surface area contributed by atoms with Crippen LogP contribution in [-0.2, 0) is 10.0 Å². The molecule has 0 spiro atoms. The van der Waals surface area contributed by atoms with E-state index in [1.165, 1.54) is 12.1 Å². The Morgan fingerprint density at radius 2 is 1.83 bits per heavy atom. The molecule has 1 aromatic heterocycles. The largest absolute Gasteiger partial charge is 0.467 e. The SMILES string of the molecule is Cc1ccc(NS(=O)(=O)c2cccc(C(=O)N(C3CC3)C(C)c3ccco3)c2)cc1. The highest BCUT2D eigenvalue weighted by molar-refractivity contribution is 7.92. The summed E-state index contributed by atoms with van der Waals surface area (Å²) < 4.78 is 33.8. The molecule has 3 aromatic rings. The van der Waals surface area contributed by atoms with Gasteiger partial charge >= 0.3 is 0 Å². The molecule has 0 saturated heterocycles. The highest BCUT2D eigenvalue weighted by Gasteiger charge is 2.37. The minimum absolute atomic E-state index is 0.0512. The van der Waals surface area contributed by atoms with Crippen LogP contribution in [0.2, 0.25) is 0 Å². The lowest BCUT2D eigenvalue weighted by atomic mass is 10.1. The van der Waals surface area contributed by atoms with Gasteiger partial charge in [0.25, 0.3) is 15.9 Å². The first-order valence-corrected chi connectivity index (χ1v) is 11.4. The van der Waals surface area contributed by atoms with Crippen LogP contribution in [0.3, 0.4) is 0 Å². The Balaban J connectivity index is 1.60. The summed E-state index contributed by atoms with van der Waals surface area (Å²) in [6, 6.07) is 16.8. The smallest absolute Gasteiger partial charge is 0.261 e. The third kappa shape index (κ3) is 4.26. The van der Waals surface area contributed by atoms with Crippen LogP contribution in [0.25, 0.3) is 0 Å².